The van der Waals surface area contributed by atoms with Gasteiger partial charge in [0.25, 0.3) is 0 Å². The number of aliphatic imine (C=N–C) groups is 1. The van der Waals surface area contributed by atoms with Crippen molar-refractivity contribution >= 4 is 34.7 Å². The summed E-state index contributed by atoms with van der Waals surface area (Å²) >= 11 is 1.66. The van der Waals surface area contributed by atoms with Crippen molar-refractivity contribution in [3.63, 3.8) is 0 Å². The molecule has 3 rings (SSSR count). The van der Waals surface area contributed by atoms with Crippen molar-refractivity contribution in [2.24, 2.45) is 4.99 Å². The fourth-order valence-electron chi connectivity index (χ4n) is 3.16. The highest BCUT2D eigenvalue weighted by Gasteiger charge is 2.32. The molecule has 8 heteroatoms. The van der Waals surface area contributed by atoms with Gasteiger partial charge >= 0.3 is 0 Å². The molecule has 0 radical (unpaired) electrons. The average Bonchev–Trinajstić information content (AvgIpc) is 2.94. The van der Waals surface area contributed by atoms with Crippen molar-refractivity contribution in [2.45, 2.75) is 49.8 Å². The summed E-state index contributed by atoms with van der Waals surface area (Å²) in [4.78, 5) is 41.4. The molecule has 0 bridgehead atoms. The van der Waals surface area contributed by atoms with Gasteiger partial charge in [0, 0.05) is 31.2 Å². The Kier molecular flexibility index (Phi) is 5.20. The van der Waals surface area contributed by atoms with E-state index in [9.17, 15) is 14.4 Å². The zero-order valence-electron chi connectivity index (χ0n) is 13.0. The third kappa shape index (κ3) is 4.25. The number of thioether (sulfide) groups is 1. The maximum absolute atomic E-state index is 12.0. The van der Waals surface area contributed by atoms with Crippen LogP contribution in [0.25, 0.3) is 0 Å². The van der Waals surface area contributed by atoms with Crippen LogP contribution in [0.4, 0.5) is 0 Å². The Hall–Kier alpha value is -1.57. The van der Waals surface area contributed by atoms with Crippen molar-refractivity contribution < 1.29 is 14.4 Å². The zero-order valence-corrected chi connectivity index (χ0v) is 13.9. The number of hydrogen-bond donors (Lipinski definition) is 2. The van der Waals surface area contributed by atoms with Gasteiger partial charge in [0.1, 0.15) is 0 Å². The largest absolute Gasteiger partial charge is 0.353 e. The van der Waals surface area contributed by atoms with E-state index >= 15 is 0 Å². The first-order chi connectivity index (χ1) is 11.1. The number of hydrogen-bond acceptors (Lipinski definition) is 5. The van der Waals surface area contributed by atoms with Gasteiger partial charge in [-0.15, -0.1) is 0 Å². The van der Waals surface area contributed by atoms with Gasteiger partial charge in [-0.3, -0.25) is 19.4 Å². The smallest absolute Gasteiger partial charge is 0.239 e. The van der Waals surface area contributed by atoms with E-state index in [-0.39, 0.29) is 37.1 Å². The molecule has 0 aromatic rings. The quantitative estimate of drug-likeness (QED) is 0.772. The first-order valence-electron chi connectivity index (χ1n) is 8.20. The van der Waals surface area contributed by atoms with Crippen LogP contribution in [0.5, 0.6) is 0 Å². The summed E-state index contributed by atoms with van der Waals surface area (Å²) < 4.78 is 0. The zero-order chi connectivity index (χ0) is 16.2. The van der Waals surface area contributed by atoms with Gasteiger partial charge in [-0.2, -0.15) is 0 Å². The molecule has 2 N–H and O–H groups in total. The van der Waals surface area contributed by atoms with Crippen LogP contribution in [0, 0.1) is 0 Å². The molecule has 23 heavy (non-hydrogen) atoms. The molecule has 0 aromatic heterocycles. The monoisotopic (exact) mass is 338 g/mol. The van der Waals surface area contributed by atoms with Gasteiger partial charge in [-0.1, -0.05) is 24.6 Å². The molecule has 0 aromatic carbocycles. The van der Waals surface area contributed by atoms with E-state index in [1.54, 1.807) is 11.8 Å². The number of carbonyl (C=O) groups is 3. The van der Waals surface area contributed by atoms with Gasteiger partial charge in [0.2, 0.25) is 17.7 Å². The molecule has 2 unspecified atom stereocenters. The fraction of sp³-hybridized carbons (Fsp3) is 0.733. The Balaban J connectivity index is 1.41. The predicted octanol–water partition coefficient (Wildman–Crippen LogP) is 0.255. The van der Waals surface area contributed by atoms with Gasteiger partial charge in [0.05, 0.1) is 12.6 Å². The van der Waals surface area contributed by atoms with Gasteiger partial charge in [-0.05, 0) is 12.8 Å². The molecule has 3 aliphatic rings. The lowest BCUT2D eigenvalue weighted by molar-refractivity contribution is -0.139. The van der Waals surface area contributed by atoms with E-state index in [4.69, 9.17) is 0 Å². The molecular formula is C15H22N4O3S. The van der Waals surface area contributed by atoms with Crippen molar-refractivity contribution in [2.75, 3.05) is 19.6 Å². The second-order valence-electron chi connectivity index (χ2n) is 6.16. The maximum atomic E-state index is 12.0. The van der Waals surface area contributed by atoms with E-state index in [1.807, 2.05) is 0 Å². The number of carbonyl (C=O) groups excluding carboxylic acids is 3. The van der Waals surface area contributed by atoms with E-state index in [0.29, 0.717) is 29.5 Å². The number of nitrogens with one attached hydrogen (secondary N) is 2. The normalized spacial score (nSPS) is 27.0. The lowest BCUT2D eigenvalue weighted by Gasteiger charge is -2.26. The van der Waals surface area contributed by atoms with Crippen molar-refractivity contribution in [1.29, 1.82) is 0 Å². The second-order valence-corrected chi connectivity index (χ2v) is 7.38. The summed E-state index contributed by atoms with van der Waals surface area (Å²) in [5.74, 6) is -0.470. The third-order valence-electron chi connectivity index (χ3n) is 4.42. The first kappa shape index (κ1) is 16.3. The number of nitrogens with zero attached hydrogens (tertiary/aromatic N) is 2. The standard InChI is InChI=1S/C15H22N4O3S/c20-12(5-6-14(22)19-8-7-16-13(21)9-19)18-15-17-10-3-1-2-4-11(10)23-15/h10-11H,1-9H2,(H,16,21)(H,17,18,20). The highest BCUT2D eigenvalue weighted by atomic mass is 32.2. The molecule has 2 heterocycles. The Bertz CT molecular complexity index is 537. The molecule has 126 valence electrons. The molecule has 1 saturated carbocycles. The Morgan fingerprint density at radius 2 is 2.13 bits per heavy atom. The predicted molar refractivity (Wildman–Crippen MR) is 88.0 cm³/mol. The van der Waals surface area contributed by atoms with Gasteiger partial charge in [-0.25, -0.2) is 0 Å². The number of fused-ring (bicyclic) bond motifs is 1. The van der Waals surface area contributed by atoms with Crippen molar-refractivity contribution in [1.82, 2.24) is 15.5 Å². The van der Waals surface area contributed by atoms with Crippen LogP contribution in [0.1, 0.15) is 38.5 Å². The summed E-state index contributed by atoms with van der Waals surface area (Å²) in [7, 11) is 0. The highest BCUT2D eigenvalue weighted by molar-refractivity contribution is 8.14. The lowest BCUT2D eigenvalue weighted by atomic mass is 9.96. The summed E-state index contributed by atoms with van der Waals surface area (Å²) in [5.41, 5.74) is 0. The SMILES string of the molecule is O=C1CN(C(=O)CCC(=O)NC2=NC3CCCCC3S2)CCN1. The summed E-state index contributed by atoms with van der Waals surface area (Å²) in [6.45, 7) is 1.08. The minimum Gasteiger partial charge on any atom is -0.353 e. The van der Waals surface area contributed by atoms with Crippen LogP contribution in [0.2, 0.25) is 0 Å². The molecule has 1 saturated heterocycles. The molecule has 1 aliphatic carbocycles. The number of amides is 3. The highest BCUT2D eigenvalue weighted by Crippen LogP contribution is 2.36. The van der Waals surface area contributed by atoms with E-state index in [0.717, 1.165) is 12.8 Å². The van der Waals surface area contributed by atoms with Crippen molar-refractivity contribution in [3.8, 4) is 0 Å². The molecule has 3 amide bonds. The topological polar surface area (TPSA) is 90.9 Å². The van der Waals surface area contributed by atoms with Crippen LogP contribution < -0.4 is 10.6 Å². The molecule has 7 nitrogen and oxygen atoms in total. The lowest BCUT2D eigenvalue weighted by Crippen LogP contribution is -2.50. The first-order valence-corrected chi connectivity index (χ1v) is 9.08. The third-order valence-corrected chi connectivity index (χ3v) is 5.70. The van der Waals surface area contributed by atoms with E-state index in [2.05, 4.69) is 15.6 Å². The summed E-state index contributed by atoms with van der Waals surface area (Å²) in [6, 6.07) is 0.345. The molecule has 2 fully saturated rings. The van der Waals surface area contributed by atoms with Crippen molar-refractivity contribution in [3.05, 3.63) is 0 Å². The molecule has 0 spiro atoms. The second kappa shape index (κ2) is 7.33. The number of piperazine rings is 1. The van der Waals surface area contributed by atoms with Crippen LogP contribution in [-0.4, -0.2) is 58.7 Å². The Morgan fingerprint density at radius 1 is 1.30 bits per heavy atom. The van der Waals surface area contributed by atoms with Crippen LogP contribution in [0.3, 0.4) is 0 Å². The maximum Gasteiger partial charge on any atom is 0.239 e. The van der Waals surface area contributed by atoms with E-state index < -0.39 is 0 Å². The average molecular weight is 338 g/mol. The van der Waals surface area contributed by atoms with Crippen LogP contribution in [0.15, 0.2) is 4.99 Å². The van der Waals surface area contributed by atoms with Gasteiger partial charge in [0.15, 0.2) is 5.17 Å². The van der Waals surface area contributed by atoms with Crippen LogP contribution >= 0.6 is 11.8 Å². The Labute approximate surface area is 139 Å². The molecule has 2 atom stereocenters. The summed E-state index contributed by atoms with van der Waals surface area (Å²) in [5, 5.41) is 6.71. The molecular weight excluding hydrogens is 316 g/mol. The number of rotatable bonds is 3. The molecule has 2 aliphatic heterocycles. The van der Waals surface area contributed by atoms with Crippen LogP contribution in [-0.2, 0) is 14.4 Å². The minimum atomic E-state index is -0.176. The fourth-order valence-corrected chi connectivity index (χ4v) is 4.45. The summed E-state index contributed by atoms with van der Waals surface area (Å²) in [6.07, 6.45) is 4.98. The van der Waals surface area contributed by atoms with Gasteiger partial charge < -0.3 is 15.5 Å². The van der Waals surface area contributed by atoms with E-state index in [1.165, 1.54) is 17.7 Å². The number of amidine groups is 1. The Morgan fingerprint density at radius 3 is 2.91 bits per heavy atom. The minimum absolute atomic E-state index is 0.0897.